The zero-order valence-electron chi connectivity index (χ0n) is 67.6. The van der Waals surface area contributed by atoms with Crippen molar-refractivity contribution in [2.75, 3.05) is 245 Å². The summed E-state index contributed by atoms with van der Waals surface area (Å²) < 4.78 is 132. The number of nitrogens with zero attached hydrogens (tertiary/aromatic N) is 1. The van der Waals surface area contributed by atoms with Crippen LogP contribution >= 0.6 is 0 Å². The number of amides is 4. The molecule has 0 bridgehead atoms. The van der Waals surface area contributed by atoms with Gasteiger partial charge in [-0.1, -0.05) is 25.0 Å². The number of imide groups is 1. The van der Waals surface area contributed by atoms with Crippen LogP contribution in [0.3, 0.4) is 0 Å². The number of benzene rings is 1. The maximum absolute atomic E-state index is 14.0. The van der Waals surface area contributed by atoms with Crippen LogP contribution in [-0.4, -0.2) is 334 Å². The van der Waals surface area contributed by atoms with Gasteiger partial charge in [-0.05, 0) is 90.8 Å². The highest BCUT2D eigenvalue weighted by atomic mass is 16.8. The Hall–Kier alpha value is -5.98. The summed E-state index contributed by atoms with van der Waals surface area (Å²) in [7, 11) is 2.84. The zero-order valence-corrected chi connectivity index (χ0v) is 67.6. The summed E-state index contributed by atoms with van der Waals surface area (Å²) in [5, 5.41) is 6.14. The Balaban J connectivity index is 1.62. The first kappa shape index (κ1) is 101. The number of carbonyl (C=O) groups excluding carboxylic acids is 8. The Morgan fingerprint density at radius 3 is 1.29 bits per heavy atom. The normalized spacial score (nSPS) is 16.0. The van der Waals surface area contributed by atoms with E-state index in [9.17, 15) is 38.4 Å². The molecule has 4 amide bonds. The number of ketones is 1. The van der Waals surface area contributed by atoms with Crippen molar-refractivity contribution in [3.05, 3.63) is 29.3 Å². The van der Waals surface area contributed by atoms with Crippen LogP contribution in [0.2, 0.25) is 0 Å². The third-order valence-electron chi connectivity index (χ3n) is 15.2. The summed E-state index contributed by atoms with van der Waals surface area (Å²) in [6, 6.07) is 3.70. The minimum Gasteiger partial charge on any atom is -0.467 e. The molecule has 0 aliphatic carbocycles. The Morgan fingerprint density at radius 2 is 0.892 bits per heavy atom. The lowest BCUT2D eigenvalue weighted by atomic mass is 9.83. The van der Waals surface area contributed by atoms with Gasteiger partial charge in [-0.15, -0.1) is 0 Å². The average Bonchev–Trinajstić information content (AvgIpc) is 0.786. The minimum absolute atomic E-state index is 0.0273. The molecule has 6 atom stereocenters. The van der Waals surface area contributed by atoms with E-state index in [2.05, 4.69) is 10.6 Å². The van der Waals surface area contributed by atoms with E-state index in [1.54, 1.807) is 68.6 Å². The number of carbonyl (C=O) groups is 8. The van der Waals surface area contributed by atoms with Crippen LogP contribution in [0.4, 0.5) is 9.59 Å². The van der Waals surface area contributed by atoms with E-state index in [0.717, 1.165) is 0 Å². The van der Waals surface area contributed by atoms with Crippen molar-refractivity contribution in [2.45, 2.75) is 144 Å². The van der Waals surface area contributed by atoms with E-state index in [4.69, 9.17) is 119 Å². The van der Waals surface area contributed by atoms with Gasteiger partial charge in [-0.2, -0.15) is 0 Å². The van der Waals surface area contributed by atoms with Gasteiger partial charge in [-0.25, -0.2) is 14.4 Å². The number of methoxy groups -OCH3 is 2. The first-order chi connectivity index (χ1) is 53.4. The highest BCUT2D eigenvalue weighted by Crippen LogP contribution is 2.36. The second-order valence-corrected chi connectivity index (χ2v) is 26.7. The first-order valence-electron chi connectivity index (χ1n) is 37.9. The Kier molecular flexibility index (Phi) is 58.6. The lowest BCUT2D eigenvalue weighted by Crippen LogP contribution is -2.55. The van der Waals surface area contributed by atoms with Crippen molar-refractivity contribution in [1.82, 2.24) is 15.7 Å². The quantitative estimate of drug-likeness (QED) is 0.0376. The zero-order chi connectivity index (χ0) is 81.6. The molecule has 2 N–H and O–H groups in total. The third kappa shape index (κ3) is 53.7. The second-order valence-electron chi connectivity index (χ2n) is 26.7. The molecule has 0 aromatic heterocycles. The van der Waals surface area contributed by atoms with Crippen LogP contribution in [0.5, 0.6) is 5.75 Å². The van der Waals surface area contributed by atoms with E-state index >= 15 is 0 Å². The monoisotopic (exact) mass is 1600 g/mol. The number of hydrogen-bond donors (Lipinski definition) is 2. The van der Waals surface area contributed by atoms with Crippen molar-refractivity contribution in [3.63, 3.8) is 0 Å². The molecule has 36 heteroatoms. The van der Waals surface area contributed by atoms with E-state index in [1.165, 1.54) is 33.1 Å². The Bertz CT molecular complexity index is 2600. The van der Waals surface area contributed by atoms with Gasteiger partial charge in [0.05, 0.1) is 230 Å². The predicted molar refractivity (Wildman–Crippen MR) is 395 cm³/mol. The highest BCUT2D eigenvalue weighted by Gasteiger charge is 2.48. The molecule has 2 rings (SSSR count). The van der Waals surface area contributed by atoms with E-state index < -0.39 is 89.5 Å². The fourth-order valence-electron chi connectivity index (χ4n) is 9.57. The van der Waals surface area contributed by atoms with Gasteiger partial charge >= 0.3 is 30.1 Å². The number of rotatable bonds is 69. The van der Waals surface area contributed by atoms with Gasteiger partial charge in [0.15, 0.2) is 18.0 Å². The number of hydrogen-bond acceptors (Lipinski definition) is 33. The van der Waals surface area contributed by atoms with Gasteiger partial charge in [0, 0.05) is 46.4 Å². The van der Waals surface area contributed by atoms with Crippen LogP contribution in [0, 0.1) is 11.8 Å². The molecule has 1 aliphatic rings. The van der Waals surface area contributed by atoms with Crippen molar-refractivity contribution >= 4 is 47.7 Å². The summed E-state index contributed by atoms with van der Waals surface area (Å²) >= 11 is 0. The fraction of sp³-hybridized carbons (Fsp3) is 0.813. The van der Waals surface area contributed by atoms with Crippen molar-refractivity contribution in [3.8, 4) is 5.75 Å². The molecule has 1 heterocycles. The van der Waals surface area contributed by atoms with Crippen molar-refractivity contribution in [2.24, 2.45) is 11.8 Å². The van der Waals surface area contributed by atoms with Crippen molar-refractivity contribution in [1.29, 1.82) is 0 Å². The molecule has 0 unspecified atom stereocenters. The summed E-state index contributed by atoms with van der Waals surface area (Å²) in [6.07, 6.45) is -3.81. The van der Waals surface area contributed by atoms with Crippen molar-refractivity contribution < 1.29 is 157 Å². The lowest BCUT2D eigenvalue weighted by Gasteiger charge is -2.42. The number of ether oxygens (including phenoxy) is 24. The smallest absolute Gasteiger partial charge is 0.444 e. The van der Waals surface area contributed by atoms with E-state index in [0.29, 0.717) is 202 Å². The molecule has 642 valence electrons. The minimum atomic E-state index is -1.33. The fourth-order valence-corrected chi connectivity index (χ4v) is 9.57. The SMILES string of the molecule is COCCOCCOCCOCCOCCOCC(=O)N[C@@H](CCCCNC(=O)c1cc(COC(C)=O)ccc1O[C@@H]1O[C@H](C(=O)OC)[C@@H](C)[C@H](C)[C@H]1OC(C)=O)C(=O)CCCOCCOCCOCCOCCOCCOCCOCCOCCOCCOCCOCCON(C(=O)OC(C)(C)C)C(=O)OC(C)(C)C. The molecule has 1 aromatic carbocycles. The third-order valence-corrected chi connectivity index (χ3v) is 15.2. The lowest BCUT2D eigenvalue weighted by molar-refractivity contribution is -0.248. The maximum Gasteiger partial charge on any atom is 0.444 e. The molecule has 0 saturated carbocycles. The van der Waals surface area contributed by atoms with Crippen LogP contribution in [0.1, 0.15) is 117 Å². The molecule has 0 radical (unpaired) electrons. The molecule has 1 saturated heterocycles. The van der Waals surface area contributed by atoms with Crippen LogP contribution in [-0.2, 0) is 144 Å². The van der Waals surface area contributed by atoms with E-state index in [1.807, 2.05) is 0 Å². The van der Waals surface area contributed by atoms with Gasteiger partial charge in [-0.3, -0.25) is 28.8 Å². The summed E-state index contributed by atoms with van der Waals surface area (Å²) in [6.45, 7) is 27.2. The van der Waals surface area contributed by atoms with Gasteiger partial charge < -0.3 is 124 Å². The summed E-state index contributed by atoms with van der Waals surface area (Å²) in [5.74, 6) is -3.92. The molecule has 1 aromatic rings. The molecular formula is C75H129N3O33. The first-order valence-corrected chi connectivity index (χ1v) is 37.9. The molecule has 111 heavy (non-hydrogen) atoms. The number of unbranched alkanes of at least 4 members (excludes halogenated alkanes) is 1. The number of esters is 3. The van der Waals surface area contributed by atoms with E-state index in [-0.39, 0.29) is 95.9 Å². The highest BCUT2D eigenvalue weighted by molar-refractivity contribution is 5.97. The molecular weight excluding hydrogens is 1470 g/mol. The standard InChI is InChI=1S/C75H129N3O33/c1-57-58(2)68(107-60(4)80)71(109-67(57)70(84)88-12)108-65-19-18-61(55-105-59(3)79)54-62(65)69(83)76-20-14-13-16-63(77-66(82)56-104-51-50-102-47-46-100-31-30-92-27-26-90-23-22-87-11)64(81)17-15-21-89-24-25-91-28-29-93-32-33-94-34-35-95-36-37-96-38-39-97-40-41-98-42-43-99-44-45-101-48-49-103-52-53-106-78(72(85)110-74(5,6)7)73(86)111-75(8,9)10/h18-19,54,57-58,63,67-68,71H,13-17,20-53,55-56H2,1-12H3,(H,76,83)(H,77,82)/t57-,58-,63-,67-,68+,71+/m0/s1. The molecule has 0 spiro atoms. The largest absolute Gasteiger partial charge is 0.467 e. The summed E-state index contributed by atoms with van der Waals surface area (Å²) in [5.41, 5.74) is -1.19. The predicted octanol–water partition coefficient (Wildman–Crippen LogP) is 4.98. The molecule has 36 nitrogen and oxygen atoms in total. The molecule has 1 aliphatic heterocycles. The van der Waals surface area contributed by atoms with Gasteiger partial charge in [0.2, 0.25) is 12.2 Å². The Morgan fingerprint density at radius 1 is 0.486 bits per heavy atom. The number of hydroxylamine groups is 2. The second kappa shape index (κ2) is 64.3. The number of Topliss-reactive ketones (excluding diaryl/α,β-unsaturated/α-hetero) is 1. The Labute approximate surface area is 654 Å². The van der Waals surface area contributed by atoms with Crippen LogP contribution in [0.15, 0.2) is 18.2 Å². The maximum atomic E-state index is 14.0. The van der Waals surface area contributed by atoms with Gasteiger partial charge in [0.1, 0.15) is 30.2 Å². The van der Waals surface area contributed by atoms with Crippen LogP contribution < -0.4 is 15.4 Å². The number of nitrogens with one attached hydrogen (secondary N) is 2. The average molecular weight is 1600 g/mol. The van der Waals surface area contributed by atoms with Gasteiger partial charge in [0.25, 0.3) is 5.91 Å². The topological polar surface area (TPSA) is 395 Å². The molecule has 1 fully saturated rings. The van der Waals surface area contributed by atoms with Crippen LogP contribution in [0.25, 0.3) is 0 Å². The summed E-state index contributed by atoms with van der Waals surface area (Å²) in [4.78, 5) is 108.